The maximum atomic E-state index is 14.4. The second kappa shape index (κ2) is 8.56. The lowest BCUT2D eigenvalue weighted by atomic mass is 9.66. The van der Waals surface area contributed by atoms with Crippen LogP contribution in [-0.2, 0) is 20.2 Å². The van der Waals surface area contributed by atoms with Crippen molar-refractivity contribution < 1.29 is 13.2 Å². The SMILES string of the molecule is Cc1ccc(S(=O)(=O)NN2C(=O)C(c3ccccc3)(c3ccccc3)C3C=CC=CC=C32)cc1. The molecule has 0 radical (unpaired) electrons. The van der Waals surface area contributed by atoms with Gasteiger partial charge in [-0.25, -0.2) is 13.4 Å². The Kier molecular flexibility index (Phi) is 5.55. The molecule has 1 amide bonds. The Morgan fingerprint density at radius 1 is 0.794 bits per heavy atom. The molecule has 0 spiro atoms. The second-order valence-electron chi connectivity index (χ2n) is 8.43. The van der Waals surface area contributed by atoms with Gasteiger partial charge in [-0.05, 0) is 36.3 Å². The summed E-state index contributed by atoms with van der Waals surface area (Å²) in [5.74, 6) is -0.766. The van der Waals surface area contributed by atoms with E-state index in [9.17, 15) is 13.2 Å². The minimum atomic E-state index is -4.00. The highest BCUT2D eigenvalue weighted by atomic mass is 32.2. The summed E-state index contributed by atoms with van der Waals surface area (Å²) in [5, 5.41) is 1.21. The summed E-state index contributed by atoms with van der Waals surface area (Å²) < 4.78 is 26.6. The van der Waals surface area contributed by atoms with Gasteiger partial charge in [-0.3, -0.25) is 4.79 Å². The van der Waals surface area contributed by atoms with E-state index in [1.165, 1.54) is 5.01 Å². The summed E-state index contributed by atoms with van der Waals surface area (Å²) in [6.45, 7) is 1.89. The number of amides is 1. The number of hydrogen-bond donors (Lipinski definition) is 1. The second-order valence-corrected chi connectivity index (χ2v) is 10.1. The highest BCUT2D eigenvalue weighted by molar-refractivity contribution is 7.89. The molecule has 0 saturated carbocycles. The van der Waals surface area contributed by atoms with Gasteiger partial charge in [0, 0.05) is 11.6 Å². The number of hydrogen-bond acceptors (Lipinski definition) is 3. The summed E-state index contributed by atoms with van der Waals surface area (Å²) in [4.78, 5) is 17.0. The fraction of sp³-hybridized carbons (Fsp3) is 0.107. The van der Waals surface area contributed by atoms with Crippen molar-refractivity contribution in [3.05, 3.63) is 138 Å². The molecule has 1 unspecified atom stereocenters. The van der Waals surface area contributed by atoms with Crippen LogP contribution in [0.2, 0.25) is 0 Å². The van der Waals surface area contributed by atoms with Gasteiger partial charge in [-0.2, -0.15) is 0 Å². The molecule has 1 N–H and O–H groups in total. The Morgan fingerprint density at radius 3 is 1.97 bits per heavy atom. The fourth-order valence-electron chi connectivity index (χ4n) is 4.76. The van der Waals surface area contributed by atoms with Gasteiger partial charge >= 0.3 is 0 Å². The van der Waals surface area contributed by atoms with Crippen molar-refractivity contribution >= 4 is 15.9 Å². The molecule has 3 aromatic carbocycles. The van der Waals surface area contributed by atoms with Gasteiger partial charge in [0.1, 0.15) is 5.41 Å². The smallest absolute Gasteiger partial charge is 0.258 e. The van der Waals surface area contributed by atoms with Gasteiger partial charge in [0.05, 0.1) is 4.90 Å². The van der Waals surface area contributed by atoms with Crippen LogP contribution in [0.5, 0.6) is 0 Å². The molecule has 2 aliphatic rings. The highest BCUT2D eigenvalue weighted by Crippen LogP contribution is 2.51. The Balaban J connectivity index is 1.70. The molecule has 1 fully saturated rings. The Bertz CT molecular complexity index is 1370. The van der Waals surface area contributed by atoms with E-state index in [2.05, 4.69) is 4.83 Å². The van der Waals surface area contributed by atoms with E-state index in [1.54, 1.807) is 30.3 Å². The van der Waals surface area contributed by atoms with E-state index in [1.807, 2.05) is 91.9 Å². The van der Waals surface area contributed by atoms with Gasteiger partial charge in [0.2, 0.25) is 0 Å². The summed E-state index contributed by atoms with van der Waals surface area (Å²) in [6, 6.07) is 25.6. The van der Waals surface area contributed by atoms with Crippen molar-refractivity contribution in [1.82, 2.24) is 9.84 Å². The standard InChI is InChI=1S/C28H24N2O3S/c1-21-17-19-24(20-18-21)34(32,33)29-30-26-16-10-4-9-15-25(26)28(27(30)31,22-11-5-2-6-12-22)23-13-7-3-8-14-23/h2-20,25,29H,1H3. The van der Waals surface area contributed by atoms with E-state index in [0.717, 1.165) is 16.7 Å². The summed E-state index contributed by atoms with van der Waals surface area (Å²) >= 11 is 0. The molecule has 1 aliphatic carbocycles. The van der Waals surface area contributed by atoms with Crippen LogP contribution in [0.25, 0.3) is 0 Å². The first-order valence-electron chi connectivity index (χ1n) is 11.0. The fourth-order valence-corrected chi connectivity index (χ4v) is 5.79. The normalized spacial score (nSPS) is 19.0. The molecular formula is C28H24N2O3S. The predicted molar refractivity (Wildman–Crippen MR) is 132 cm³/mol. The first-order valence-corrected chi connectivity index (χ1v) is 12.5. The summed E-state index contributed by atoms with van der Waals surface area (Å²) in [5.41, 5.74) is 1.98. The zero-order valence-electron chi connectivity index (χ0n) is 18.6. The molecule has 6 heteroatoms. The van der Waals surface area contributed by atoms with Crippen LogP contribution < -0.4 is 4.83 Å². The zero-order valence-corrected chi connectivity index (χ0v) is 19.4. The van der Waals surface area contributed by atoms with Crippen molar-refractivity contribution in [2.45, 2.75) is 17.2 Å². The van der Waals surface area contributed by atoms with E-state index in [4.69, 9.17) is 0 Å². The lowest BCUT2D eigenvalue weighted by Crippen LogP contribution is -2.47. The first kappa shape index (κ1) is 22.1. The van der Waals surface area contributed by atoms with Gasteiger partial charge in [-0.15, -0.1) is 4.83 Å². The van der Waals surface area contributed by atoms with Crippen LogP contribution in [0.3, 0.4) is 0 Å². The third kappa shape index (κ3) is 3.52. The molecule has 0 aromatic heterocycles. The van der Waals surface area contributed by atoms with Gasteiger partial charge in [0.15, 0.2) is 0 Å². The van der Waals surface area contributed by atoms with Crippen molar-refractivity contribution in [3.8, 4) is 0 Å². The van der Waals surface area contributed by atoms with Crippen molar-refractivity contribution in [3.63, 3.8) is 0 Å². The molecule has 5 nitrogen and oxygen atoms in total. The number of benzene rings is 3. The zero-order chi connectivity index (χ0) is 23.8. The van der Waals surface area contributed by atoms with Gasteiger partial charge in [0.25, 0.3) is 15.9 Å². The average Bonchev–Trinajstić information content (AvgIpc) is 3.00. The lowest BCUT2D eigenvalue weighted by Gasteiger charge is -2.32. The molecule has 3 aromatic rings. The van der Waals surface area contributed by atoms with Gasteiger partial charge in [-0.1, -0.05) is 103 Å². The average molecular weight is 469 g/mol. The monoisotopic (exact) mass is 468 g/mol. The molecule has 1 aliphatic heterocycles. The lowest BCUT2D eigenvalue weighted by molar-refractivity contribution is -0.131. The Labute approximate surface area is 199 Å². The maximum absolute atomic E-state index is 14.4. The largest absolute Gasteiger partial charge is 0.272 e. The number of hydrazine groups is 1. The van der Waals surface area contributed by atoms with Crippen LogP contribution in [0.15, 0.2) is 126 Å². The molecular weight excluding hydrogens is 444 g/mol. The van der Waals surface area contributed by atoms with Crippen molar-refractivity contribution in [1.29, 1.82) is 0 Å². The Morgan fingerprint density at radius 2 is 1.38 bits per heavy atom. The first-order chi connectivity index (χ1) is 16.4. The number of sulfonamides is 1. The molecule has 34 heavy (non-hydrogen) atoms. The van der Waals surface area contributed by atoms with Crippen molar-refractivity contribution in [2.75, 3.05) is 0 Å². The number of aryl methyl sites for hydroxylation is 1. The highest BCUT2D eigenvalue weighted by Gasteiger charge is 2.58. The number of rotatable bonds is 5. The number of nitrogens with one attached hydrogen (secondary N) is 1. The number of fused-ring (bicyclic) bond motifs is 1. The molecule has 0 bridgehead atoms. The molecule has 5 rings (SSSR count). The predicted octanol–water partition coefficient (Wildman–Crippen LogP) is 4.64. The molecule has 170 valence electrons. The van der Waals surface area contributed by atoms with Crippen molar-refractivity contribution in [2.24, 2.45) is 5.92 Å². The third-order valence-corrected chi connectivity index (χ3v) is 7.69. The number of carbonyl (C=O) groups excluding carboxylic acids is 1. The molecule has 1 heterocycles. The maximum Gasteiger partial charge on any atom is 0.258 e. The minimum absolute atomic E-state index is 0.0969. The molecule has 1 atom stereocenters. The Hall–Kier alpha value is -3.74. The number of carbonyl (C=O) groups is 1. The van der Waals surface area contributed by atoms with Crippen LogP contribution in [0.1, 0.15) is 16.7 Å². The topological polar surface area (TPSA) is 66.5 Å². The molecule has 1 saturated heterocycles. The van der Waals surface area contributed by atoms with Gasteiger partial charge < -0.3 is 0 Å². The van der Waals surface area contributed by atoms with E-state index in [-0.39, 0.29) is 10.8 Å². The summed E-state index contributed by atoms with van der Waals surface area (Å²) in [7, 11) is -4.00. The van der Waals surface area contributed by atoms with Crippen LogP contribution >= 0.6 is 0 Å². The summed E-state index contributed by atoms with van der Waals surface area (Å²) in [6.07, 6.45) is 9.36. The van der Waals surface area contributed by atoms with Crippen LogP contribution in [0, 0.1) is 12.8 Å². The van der Waals surface area contributed by atoms with Crippen LogP contribution in [-0.4, -0.2) is 19.3 Å². The number of allylic oxidation sites excluding steroid dienone is 5. The van der Waals surface area contributed by atoms with Crippen LogP contribution in [0.4, 0.5) is 0 Å². The van der Waals surface area contributed by atoms with E-state index >= 15 is 0 Å². The quantitative estimate of drug-likeness (QED) is 0.593. The minimum Gasteiger partial charge on any atom is -0.272 e. The van der Waals surface area contributed by atoms with E-state index < -0.39 is 21.4 Å². The number of nitrogens with zero attached hydrogens (tertiary/aromatic N) is 1. The van der Waals surface area contributed by atoms with E-state index in [0.29, 0.717) is 5.70 Å². The third-order valence-electron chi connectivity index (χ3n) is 6.38.